The number of hydrogen-bond donors (Lipinski definition) is 0. The van der Waals surface area contributed by atoms with Crippen molar-refractivity contribution in [2.45, 2.75) is 32.6 Å². The molecule has 0 aliphatic rings. The summed E-state index contributed by atoms with van der Waals surface area (Å²) in [6, 6.07) is 0. The summed E-state index contributed by atoms with van der Waals surface area (Å²) in [7, 11) is 0. The summed E-state index contributed by atoms with van der Waals surface area (Å²) in [6.07, 6.45) is 0. The van der Waals surface area contributed by atoms with Crippen molar-refractivity contribution < 1.29 is 17.6 Å². The first-order valence-corrected chi connectivity index (χ1v) is 2.95. The third kappa shape index (κ3) is 1.61. The van der Waals surface area contributed by atoms with Crippen LogP contribution < -0.4 is 0 Å². The summed E-state index contributed by atoms with van der Waals surface area (Å²) in [6.45, 7) is 2.36. The highest BCUT2D eigenvalue weighted by Crippen LogP contribution is 2.39. The lowest BCUT2D eigenvalue weighted by molar-refractivity contribution is -0.220. The van der Waals surface area contributed by atoms with Crippen molar-refractivity contribution >= 4 is 0 Å². The molecule has 0 rings (SSSR count). The minimum absolute atomic E-state index is 0.229. The SMILES string of the molecule is CC(C)C(F)(F)C(C)(F)F. The van der Waals surface area contributed by atoms with Crippen molar-refractivity contribution in [3.8, 4) is 0 Å². The molecule has 0 nitrogen and oxygen atoms in total. The van der Waals surface area contributed by atoms with E-state index in [1.807, 2.05) is 0 Å². The van der Waals surface area contributed by atoms with E-state index in [0.29, 0.717) is 0 Å². The Hall–Kier alpha value is -0.280. The molecule has 0 heterocycles. The molecule has 0 aromatic carbocycles. The Labute approximate surface area is 57.2 Å². The van der Waals surface area contributed by atoms with Crippen LogP contribution in [0.1, 0.15) is 20.8 Å². The fourth-order valence-electron chi connectivity index (χ4n) is 0.507. The normalized spacial score (nSPS) is 14.4. The quantitative estimate of drug-likeness (QED) is 0.542. The second-order valence-electron chi connectivity index (χ2n) is 2.67. The van der Waals surface area contributed by atoms with Crippen LogP contribution in [0, 0.1) is 5.92 Å². The first kappa shape index (κ1) is 9.72. The van der Waals surface area contributed by atoms with Crippen LogP contribution in [-0.4, -0.2) is 11.8 Å². The van der Waals surface area contributed by atoms with Crippen molar-refractivity contribution in [2.24, 2.45) is 5.92 Å². The molecule has 10 heavy (non-hydrogen) atoms. The van der Waals surface area contributed by atoms with Crippen molar-refractivity contribution in [3.05, 3.63) is 0 Å². The van der Waals surface area contributed by atoms with E-state index in [9.17, 15) is 17.6 Å². The highest BCUT2D eigenvalue weighted by Gasteiger charge is 2.54. The molecular formula is C6H10F4. The molecule has 0 spiro atoms. The molecule has 4 heteroatoms. The highest BCUT2D eigenvalue weighted by molar-refractivity contribution is 4.82. The lowest BCUT2D eigenvalue weighted by atomic mass is 10.0. The van der Waals surface area contributed by atoms with Crippen molar-refractivity contribution in [1.29, 1.82) is 0 Å². The number of rotatable bonds is 2. The first-order chi connectivity index (χ1) is 4.19. The van der Waals surface area contributed by atoms with Gasteiger partial charge >= 0.3 is 11.8 Å². The predicted molar refractivity (Wildman–Crippen MR) is 30.4 cm³/mol. The number of hydrogen-bond acceptors (Lipinski definition) is 0. The van der Waals surface area contributed by atoms with Gasteiger partial charge in [-0.3, -0.25) is 0 Å². The molecule has 0 aliphatic carbocycles. The third-order valence-electron chi connectivity index (χ3n) is 1.31. The van der Waals surface area contributed by atoms with Crippen LogP contribution in [0.2, 0.25) is 0 Å². The van der Waals surface area contributed by atoms with Gasteiger partial charge in [0, 0.05) is 12.8 Å². The Bertz CT molecular complexity index is 111. The molecular weight excluding hydrogens is 148 g/mol. The van der Waals surface area contributed by atoms with E-state index < -0.39 is 17.8 Å². The van der Waals surface area contributed by atoms with Gasteiger partial charge < -0.3 is 0 Å². The smallest absolute Gasteiger partial charge is 0.200 e. The van der Waals surface area contributed by atoms with Gasteiger partial charge in [-0.15, -0.1) is 0 Å². The van der Waals surface area contributed by atoms with E-state index in [1.54, 1.807) is 0 Å². The van der Waals surface area contributed by atoms with Crippen LogP contribution >= 0.6 is 0 Å². The zero-order chi connectivity index (χ0) is 8.58. The van der Waals surface area contributed by atoms with Crippen molar-refractivity contribution in [1.82, 2.24) is 0 Å². The third-order valence-corrected chi connectivity index (χ3v) is 1.31. The summed E-state index contributed by atoms with van der Waals surface area (Å²) in [5.41, 5.74) is 0. The number of halogens is 4. The van der Waals surface area contributed by atoms with Crippen LogP contribution in [0.3, 0.4) is 0 Å². The van der Waals surface area contributed by atoms with E-state index in [1.165, 1.54) is 0 Å². The topological polar surface area (TPSA) is 0 Å². The Balaban J connectivity index is 4.40. The molecule has 0 aromatic heterocycles. The summed E-state index contributed by atoms with van der Waals surface area (Å²) in [5, 5.41) is 0. The van der Waals surface area contributed by atoms with E-state index in [0.717, 1.165) is 13.8 Å². The number of alkyl halides is 4. The Morgan fingerprint density at radius 3 is 1.30 bits per heavy atom. The Morgan fingerprint density at radius 1 is 1.00 bits per heavy atom. The lowest BCUT2D eigenvalue weighted by Crippen LogP contribution is -2.42. The maximum Gasteiger partial charge on any atom is 0.312 e. The minimum Gasteiger partial charge on any atom is -0.200 e. The van der Waals surface area contributed by atoms with E-state index in [4.69, 9.17) is 0 Å². The van der Waals surface area contributed by atoms with Gasteiger partial charge in [-0.2, -0.15) is 8.78 Å². The molecule has 0 radical (unpaired) electrons. The maximum atomic E-state index is 12.3. The van der Waals surface area contributed by atoms with Gasteiger partial charge in [0.05, 0.1) is 0 Å². The average molecular weight is 158 g/mol. The van der Waals surface area contributed by atoms with Crippen LogP contribution in [-0.2, 0) is 0 Å². The fourth-order valence-corrected chi connectivity index (χ4v) is 0.507. The van der Waals surface area contributed by atoms with Gasteiger partial charge in [0.2, 0.25) is 0 Å². The van der Waals surface area contributed by atoms with Gasteiger partial charge in [-0.1, -0.05) is 13.8 Å². The monoisotopic (exact) mass is 158 g/mol. The lowest BCUT2D eigenvalue weighted by Gasteiger charge is -2.26. The highest BCUT2D eigenvalue weighted by atomic mass is 19.3. The second-order valence-corrected chi connectivity index (χ2v) is 2.67. The van der Waals surface area contributed by atoms with Crippen molar-refractivity contribution in [3.63, 3.8) is 0 Å². The Morgan fingerprint density at radius 2 is 1.30 bits per heavy atom. The average Bonchev–Trinajstić information content (AvgIpc) is 1.62. The summed E-state index contributed by atoms with van der Waals surface area (Å²) >= 11 is 0. The van der Waals surface area contributed by atoms with Crippen molar-refractivity contribution in [2.75, 3.05) is 0 Å². The van der Waals surface area contributed by atoms with Crippen LogP contribution in [0.4, 0.5) is 17.6 Å². The summed E-state index contributed by atoms with van der Waals surface area (Å²) in [5.74, 6) is -9.14. The zero-order valence-electron chi connectivity index (χ0n) is 6.09. The molecule has 0 atom stereocenters. The molecule has 0 saturated heterocycles. The molecule has 0 aliphatic heterocycles. The second kappa shape index (κ2) is 2.40. The molecule has 0 N–H and O–H groups in total. The van der Waals surface area contributed by atoms with E-state index in [-0.39, 0.29) is 6.92 Å². The summed E-state index contributed by atoms with van der Waals surface area (Å²) in [4.78, 5) is 0. The van der Waals surface area contributed by atoms with Crippen LogP contribution in [0.15, 0.2) is 0 Å². The fraction of sp³-hybridized carbons (Fsp3) is 1.00. The Kier molecular flexibility index (Phi) is 2.33. The standard InChI is InChI=1S/C6H10F4/c1-4(2)6(9,10)5(3,7)8/h4H,1-3H3. The largest absolute Gasteiger partial charge is 0.312 e. The van der Waals surface area contributed by atoms with Gasteiger partial charge in [0.15, 0.2) is 0 Å². The molecule has 62 valence electrons. The first-order valence-electron chi connectivity index (χ1n) is 2.95. The maximum absolute atomic E-state index is 12.3. The zero-order valence-corrected chi connectivity index (χ0v) is 6.09. The van der Waals surface area contributed by atoms with Crippen LogP contribution in [0.5, 0.6) is 0 Å². The summed E-state index contributed by atoms with van der Waals surface area (Å²) < 4.78 is 48.6. The molecule has 0 bridgehead atoms. The van der Waals surface area contributed by atoms with E-state index in [2.05, 4.69) is 0 Å². The minimum atomic E-state index is -3.92. The molecule has 0 amide bonds. The van der Waals surface area contributed by atoms with Gasteiger partial charge in [-0.25, -0.2) is 8.78 Å². The molecule has 0 unspecified atom stereocenters. The predicted octanol–water partition coefficient (Wildman–Crippen LogP) is 2.93. The van der Waals surface area contributed by atoms with E-state index >= 15 is 0 Å². The van der Waals surface area contributed by atoms with Gasteiger partial charge in [0.1, 0.15) is 0 Å². The molecule has 0 fully saturated rings. The van der Waals surface area contributed by atoms with Crippen LogP contribution in [0.25, 0.3) is 0 Å². The van der Waals surface area contributed by atoms with Gasteiger partial charge in [-0.05, 0) is 0 Å². The molecule has 0 saturated carbocycles. The van der Waals surface area contributed by atoms with Gasteiger partial charge in [0.25, 0.3) is 0 Å². The molecule has 0 aromatic rings.